The molecule has 1 fully saturated rings. The van der Waals surface area contributed by atoms with E-state index < -0.39 is 11.7 Å². The number of hydrogen-bond acceptors (Lipinski definition) is 7. The number of aromatic nitrogens is 4. The highest BCUT2D eigenvalue weighted by Crippen LogP contribution is 2.35. The topological polar surface area (TPSA) is 103 Å². The van der Waals surface area contributed by atoms with Crippen LogP contribution in [0.2, 0.25) is 0 Å². The summed E-state index contributed by atoms with van der Waals surface area (Å²) in [6.45, 7) is 3.87. The molecule has 4 heterocycles. The SMILES string of the molecule is C[C@@H](Nc1ncc(C#N)c(-c2c[nH]c3ncc(C(F)(F)F)cc23)n1)c1ccc(O[C@H]2CCN(C)C2)cc1. The quantitative estimate of drug-likeness (QED) is 0.371. The number of hydrogen-bond donors (Lipinski definition) is 2. The largest absolute Gasteiger partial charge is 0.489 e. The van der Waals surface area contributed by atoms with Gasteiger partial charge in [0.25, 0.3) is 0 Å². The van der Waals surface area contributed by atoms with Crippen molar-refractivity contribution in [3.8, 4) is 23.1 Å². The number of halogens is 3. The van der Waals surface area contributed by atoms with E-state index in [0.717, 1.165) is 43.1 Å². The predicted octanol–water partition coefficient (Wildman–Crippen LogP) is 5.17. The van der Waals surface area contributed by atoms with E-state index in [9.17, 15) is 18.4 Å². The molecule has 0 radical (unpaired) electrons. The van der Waals surface area contributed by atoms with Crippen LogP contribution in [-0.4, -0.2) is 51.1 Å². The first-order chi connectivity index (χ1) is 17.7. The molecule has 0 saturated carbocycles. The first-order valence-corrected chi connectivity index (χ1v) is 11.7. The van der Waals surface area contributed by atoms with Gasteiger partial charge in [0.2, 0.25) is 5.95 Å². The van der Waals surface area contributed by atoms with Crippen molar-refractivity contribution in [1.82, 2.24) is 24.8 Å². The summed E-state index contributed by atoms with van der Waals surface area (Å²) in [5.41, 5.74) is 1.03. The van der Waals surface area contributed by atoms with E-state index in [4.69, 9.17) is 4.74 Å². The molecule has 5 rings (SSSR count). The van der Waals surface area contributed by atoms with Crippen LogP contribution in [0.3, 0.4) is 0 Å². The fraction of sp³-hybridized carbons (Fsp3) is 0.308. The van der Waals surface area contributed by atoms with Crippen LogP contribution >= 0.6 is 0 Å². The number of rotatable bonds is 6. The molecule has 1 aliphatic heterocycles. The molecule has 11 heteroatoms. The Morgan fingerprint density at radius 3 is 2.68 bits per heavy atom. The number of nitriles is 1. The number of aromatic amines is 1. The molecule has 2 atom stereocenters. The minimum Gasteiger partial charge on any atom is -0.489 e. The first-order valence-electron chi connectivity index (χ1n) is 11.7. The maximum atomic E-state index is 13.3. The number of nitrogens with zero attached hydrogens (tertiary/aromatic N) is 5. The number of fused-ring (bicyclic) bond motifs is 1. The standard InChI is InChI=1S/C26H24F3N7O/c1-15(16-3-5-19(6-4-16)37-20-7-8-36(2)14-20)34-25-33-11-17(10-30)23(35-25)22-13-32-24-21(22)9-18(12-31-24)26(27,28)29/h3-6,9,11-13,15,20H,7-8,14H2,1-2H3,(H,31,32)(H,33,34,35)/t15-,20+/m1/s1. The Morgan fingerprint density at radius 1 is 1.22 bits per heavy atom. The molecule has 8 nitrogen and oxygen atoms in total. The molecule has 3 aromatic heterocycles. The zero-order valence-electron chi connectivity index (χ0n) is 20.2. The number of benzene rings is 1. The lowest BCUT2D eigenvalue weighted by Crippen LogP contribution is -2.21. The number of anilines is 1. The number of likely N-dealkylation sites (tertiary alicyclic amines) is 1. The number of ether oxygens (including phenoxy) is 1. The van der Waals surface area contributed by atoms with Crippen molar-refractivity contribution < 1.29 is 17.9 Å². The number of pyridine rings is 1. The lowest BCUT2D eigenvalue weighted by Gasteiger charge is -2.17. The van der Waals surface area contributed by atoms with Crippen molar-refractivity contribution in [2.24, 2.45) is 0 Å². The van der Waals surface area contributed by atoms with E-state index >= 15 is 0 Å². The monoisotopic (exact) mass is 507 g/mol. The fourth-order valence-corrected chi connectivity index (χ4v) is 4.39. The number of alkyl halides is 3. The molecule has 190 valence electrons. The second-order valence-electron chi connectivity index (χ2n) is 9.11. The lowest BCUT2D eigenvalue weighted by atomic mass is 10.1. The third-order valence-electron chi connectivity index (χ3n) is 6.40. The molecule has 2 N–H and O–H groups in total. The molecule has 1 aliphatic rings. The molecule has 0 aliphatic carbocycles. The normalized spacial score (nSPS) is 17.0. The van der Waals surface area contributed by atoms with Gasteiger partial charge in [0, 0.05) is 36.4 Å². The summed E-state index contributed by atoms with van der Waals surface area (Å²) in [6.07, 6.45) is 0.255. The van der Waals surface area contributed by atoms with Crippen molar-refractivity contribution in [3.05, 3.63) is 65.6 Å². The highest BCUT2D eigenvalue weighted by Gasteiger charge is 2.32. The smallest absolute Gasteiger partial charge is 0.417 e. The van der Waals surface area contributed by atoms with Gasteiger partial charge in [-0.15, -0.1) is 0 Å². The molecule has 37 heavy (non-hydrogen) atoms. The third kappa shape index (κ3) is 5.20. The highest BCUT2D eigenvalue weighted by molar-refractivity contribution is 5.94. The van der Waals surface area contributed by atoms with Gasteiger partial charge < -0.3 is 19.9 Å². The Hall–Kier alpha value is -4.17. The number of nitrogens with one attached hydrogen (secondary N) is 2. The van der Waals surface area contributed by atoms with Gasteiger partial charge in [-0.25, -0.2) is 15.0 Å². The molecule has 0 unspecified atom stereocenters. The Bertz CT molecular complexity index is 1460. The second kappa shape index (κ2) is 9.71. The summed E-state index contributed by atoms with van der Waals surface area (Å²) in [6, 6.07) is 10.6. The Morgan fingerprint density at radius 2 is 2.00 bits per heavy atom. The molecule has 0 bridgehead atoms. The van der Waals surface area contributed by atoms with Gasteiger partial charge >= 0.3 is 6.18 Å². The van der Waals surface area contributed by atoms with Gasteiger partial charge in [0.1, 0.15) is 23.6 Å². The average molecular weight is 508 g/mol. The Kier molecular flexibility index (Phi) is 6.43. The van der Waals surface area contributed by atoms with E-state index in [1.165, 1.54) is 12.4 Å². The highest BCUT2D eigenvalue weighted by atomic mass is 19.4. The zero-order chi connectivity index (χ0) is 26.2. The van der Waals surface area contributed by atoms with Crippen molar-refractivity contribution in [2.45, 2.75) is 31.7 Å². The summed E-state index contributed by atoms with van der Waals surface area (Å²) >= 11 is 0. The van der Waals surface area contributed by atoms with Crippen LogP contribution in [0.25, 0.3) is 22.3 Å². The van der Waals surface area contributed by atoms with Crippen LogP contribution in [0.15, 0.2) is 48.9 Å². The second-order valence-corrected chi connectivity index (χ2v) is 9.11. The summed E-state index contributed by atoms with van der Waals surface area (Å²) < 4.78 is 45.8. The van der Waals surface area contributed by atoms with Crippen LogP contribution in [0, 0.1) is 11.3 Å². The summed E-state index contributed by atoms with van der Waals surface area (Å²) in [5.74, 6) is 1.05. The lowest BCUT2D eigenvalue weighted by molar-refractivity contribution is -0.137. The number of H-pyrrole nitrogens is 1. The first kappa shape index (κ1) is 24.5. The van der Waals surface area contributed by atoms with Gasteiger partial charge in [-0.1, -0.05) is 12.1 Å². The molecule has 0 spiro atoms. The predicted molar refractivity (Wildman–Crippen MR) is 132 cm³/mol. The molecular formula is C26H24F3N7O. The van der Waals surface area contributed by atoms with Crippen molar-refractivity contribution in [3.63, 3.8) is 0 Å². The van der Waals surface area contributed by atoms with Crippen LogP contribution in [0.1, 0.15) is 36.1 Å². The Balaban J connectivity index is 1.38. The molecule has 0 amide bonds. The van der Waals surface area contributed by atoms with Gasteiger partial charge in [0.15, 0.2) is 0 Å². The van der Waals surface area contributed by atoms with E-state index in [1.807, 2.05) is 37.3 Å². The Labute approximate surface area is 211 Å². The van der Waals surface area contributed by atoms with Crippen LogP contribution in [-0.2, 0) is 6.18 Å². The third-order valence-corrected chi connectivity index (χ3v) is 6.40. The van der Waals surface area contributed by atoms with Gasteiger partial charge in [0.05, 0.1) is 29.1 Å². The maximum Gasteiger partial charge on any atom is 0.417 e. The van der Waals surface area contributed by atoms with E-state index in [2.05, 4.69) is 37.2 Å². The van der Waals surface area contributed by atoms with Gasteiger partial charge in [-0.2, -0.15) is 18.4 Å². The molecular weight excluding hydrogens is 483 g/mol. The zero-order valence-corrected chi connectivity index (χ0v) is 20.2. The minimum atomic E-state index is -4.55. The van der Waals surface area contributed by atoms with E-state index in [-0.39, 0.29) is 40.4 Å². The molecule has 1 saturated heterocycles. The summed E-state index contributed by atoms with van der Waals surface area (Å²) in [4.78, 5) is 17.7. The average Bonchev–Trinajstić information content (AvgIpc) is 3.49. The van der Waals surface area contributed by atoms with Gasteiger partial charge in [-0.05, 0) is 44.2 Å². The summed E-state index contributed by atoms with van der Waals surface area (Å²) in [5, 5.41) is 13.0. The van der Waals surface area contributed by atoms with Crippen molar-refractivity contribution >= 4 is 17.0 Å². The fourth-order valence-electron chi connectivity index (χ4n) is 4.39. The van der Waals surface area contributed by atoms with E-state index in [0.29, 0.717) is 5.56 Å². The maximum absolute atomic E-state index is 13.3. The van der Waals surface area contributed by atoms with Crippen molar-refractivity contribution in [2.75, 3.05) is 25.5 Å². The van der Waals surface area contributed by atoms with Crippen LogP contribution in [0.4, 0.5) is 19.1 Å². The van der Waals surface area contributed by atoms with Gasteiger partial charge in [-0.3, -0.25) is 0 Å². The molecule has 4 aromatic rings. The molecule has 1 aromatic carbocycles. The van der Waals surface area contributed by atoms with Crippen LogP contribution < -0.4 is 10.1 Å². The minimum absolute atomic E-state index is 0.135. The summed E-state index contributed by atoms with van der Waals surface area (Å²) in [7, 11) is 2.08. The number of likely N-dealkylation sites (N-methyl/N-ethyl adjacent to an activating group) is 1. The van der Waals surface area contributed by atoms with Crippen LogP contribution in [0.5, 0.6) is 5.75 Å². The van der Waals surface area contributed by atoms with E-state index in [1.54, 1.807) is 0 Å². The van der Waals surface area contributed by atoms with Crippen molar-refractivity contribution in [1.29, 1.82) is 5.26 Å².